The molecule has 7 aromatic rings. The first-order valence-corrected chi connectivity index (χ1v) is 17.7. The van der Waals surface area contributed by atoms with Gasteiger partial charge in [0, 0.05) is 11.3 Å². The first-order valence-electron chi connectivity index (χ1n) is 15.9. The van der Waals surface area contributed by atoms with E-state index in [1.165, 1.54) is 22.7 Å². The second-order valence-corrected chi connectivity index (χ2v) is 14.4. The van der Waals surface area contributed by atoms with Gasteiger partial charge in [0.15, 0.2) is 15.3 Å². The molecule has 0 bridgehead atoms. The van der Waals surface area contributed by atoms with Crippen LogP contribution in [-0.2, 0) is 22.6 Å². The normalized spacial score (nSPS) is 16.6. The first kappa shape index (κ1) is 30.4. The molecule has 0 aliphatic carbocycles. The molecule has 0 saturated heterocycles. The monoisotopic (exact) mass is 696 g/mol. The molecule has 1 spiro atoms. The van der Waals surface area contributed by atoms with Crippen LogP contribution in [0.5, 0.6) is 0 Å². The second-order valence-electron chi connectivity index (χ2n) is 12.2. The van der Waals surface area contributed by atoms with Crippen LogP contribution < -0.4 is 15.2 Å². The quantitative estimate of drug-likeness (QED) is 0.129. The lowest BCUT2D eigenvalue weighted by Crippen LogP contribution is -2.53. The number of para-hydroxylation sites is 1. The van der Waals surface area contributed by atoms with Crippen molar-refractivity contribution in [2.75, 3.05) is 9.80 Å². The number of aromatic nitrogens is 2. The summed E-state index contributed by atoms with van der Waals surface area (Å²) in [5.74, 6) is -1.55. The Kier molecular flexibility index (Phi) is 6.97. The molecular weight excluding hydrogens is 672 g/mol. The van der Waals surface area contributed by atoms with Crippen molar-refractivity contribution in [3.05, 3.63) is 159 Å². The average molecular weight is 697 g/mol. The van der Waals surface area contributed by atoms with E-state index < -0.39 is 28.6 Å². The number of hydrogen-bond acceptors (Lipinski definition) is 8. The van der Waals surface area contributed by atoms with Crippen molar-refractivity contribution >= 4 is 67.5 Å². The Labute approximate surface area is 292 Å². The van der Waals surface area contributed by atoms with Crippen molar-refractivity contribution in [2.24, 2.45) is 0 Å². The van der Waals surface area contributed by atoms with Crippen LogP contribution in [0.1, 0.15) is 38.4 Å². The van der Waals surface area contributed by atoms with E-state index >= 15 is 4.79 Å². The van der Waals surface area contributed by atoms with Gasteiger partial charge < -0.3 is 9.32 Å². The number of amides is 2. The zero-order chi connectivity index (χ0) is 34.1. The van der Waals surface area contributed by atoms with Crippen LogP contribution in [0.25, 0.3) is 21.7 Å². The average Bonchev–Trinajstić information content (AvgIpc) is 3.77. The minimum absolute atomic E-state index is 0.0413. The Bertz CT molecular complexity index is 2610. The summed E-state index contributed by atoms with van der Waals surface area (Å²) < 4.78 is 21.2. The summed E-state index contributed by atoms with van der Waals surface area (Å²) in [7, 11) is 0. The SMILES string of the molecule is Cc1ccccc1CN1C(=O)C2(c3ccccc31)c1c(oc3ccc(F)cc3c1=O)C(=O)N2c1nnc(SCc2cccc3ccccc23)s1. The van der Waals surface area contributed by atoms with E-state index in [4.69, 9.17) is 4.42 Å². The van der Waals surface area contributed by atoms with Gasteiger partial charge in [-0.3, -0.25) is 19.3 Å². The van der Waals surface area contributed by atoms with E-state index in [0.29, 0.717) is 21.3 Å². The van der Waals surface area contributed by atoms with Gasteiger partial charge in [-0.2, -0.15) is 0 Å². The summed E-state index contributed by atoms with van der Waals surface area (Å²) in [5.41, 5.74) is 1.22. The summed E-state index contributed by atoms with van der Waals surface area (Å²) in [6, 6.07) is 32.7. The van der Waals surface area contributed by atoms with Gasteiger partial charge in [0.2, 0.25) is 10.9 Å². The maximum Gasteiger partial charge on any atom is 0.297 e. The minimum Gasteiger partial charge on any atom is -0.450 e. The number of rotatable bonds is 6. The Morgan fingerprint density at radius 3 is 2.48 bits per heavy atom. The summed E-state index contributed by atoms with van der Waals surface area (Å²) in [6.45, 7) is 2.16. The molecule has 1 atom stereocenters. The zero-order valence-corrected chi connectivity index (χ0v) is 28.1. The van der Waals surface area contributed by atoms with Crippen LogP contribution in [0.4, 0.5) is 15.2 Å². The van der Waals surface area contributed by atoms with Gasteiger partial charge in [0.05, 0.1) is 23.2 Å². The van der Waals surface area contributed by atoms with Crippen molar-refractivity contribution < 1.29 is 18.4 Å². The zero-order valence-electron chi connectivity index (χ0n) is 26.4. The molecule has 2 amide bonds. The van der Waals surface area contributed by atoms with Gasteiger partial charge in [-0.25, -0.2) is 4.39 Å². The molecule has 0 N–H and O–H groups in total. The lowest BCUT2D eigenvalue weighted by atomic mass is 9.84. The first-order chi connectivity index (χ1) is 24.4. The third-order valence-electron chi connectivity index (χ3n) is 9.49. The number of fused-ring (bicyclic) bond motifs is 6. The van der Waals surface area contributed by atoms with Gasteiger partial charge in [-0.1, -0.05) is 108 Å². The van der Waals surface area contributed by atoms with Crippen LogP contribution in [0, 0.1) is 12.7 Å². The fraction of sp³-hybridized carbons (Fsp3) is 0.103. The van der Waals surface area contributed by atoms with Crippen LogP contribution in [0.3, 0.4) is 0 Å². The van der Waals surface area contributed by atoms with Crippen molar-refractivity contribution in [1.82, 2.24) is 10.2 Å². The van der Waals surface area contributed by atoms with Crippen molar-refractivity contribution in [2.45, 2.75) is 29.1 Å². The van der Waals surface area contributed by atoms with E-state index in [2.05, 4.69) is 34.5 Å². The highest BCUT2D eigenvalue weighted by atomic mass is 32.2. The molecule has 4 heterocycles. The topological polar surface area (TPSA) is 96.6 Å². The number of aryl methyl sites for hydroxylation is 1. The number of nitrogens with zero attached hydrogens (tertiary/aromatic N) is 4. The fourth-order valence-corrected chi connectivity index (χ4v) is 9.06. The standard InChI is InChI=1S/C39H25FN4O4S2/c1-22-9-2-3-11-24(22)20-43-30-16-7-6-15-29(30)39(36(43)47)32-33(45)28-19-26(40)17-18-31(28)48-34(32)35(46)44(39)37-41-42-38(50-37)49-21-25-13-8-12-23-10-4-5-14-27(23)25/h2-19H,20-21H2,1H3. The molecule has 11 heteroatoms. The third-order valence-corrected chi connectivity index (χ3v) is 11.6. The fourth-order valence-electron chi connectivity index (χ4n) is 7.16. The molecular formula is C39H25FN4O4S2. The number of benzene rings is 5. The van der Waals surface area contributed by atoms with Gasteiger partial charge in [0.25, 0.3) is 11.8 Å². The predicted molar refractivity (Wildman–Crippen MR) is 192 cm³/mol. The van der Waals surface area contributed by atoms with Gasteiger partial charge >= 0.3 is 0 Å². The van der Waals surface area contributed by atoms with Crippen LogP contribution in [0.15, 0.2) is 123 Å². The van der Waals surface area contributed by atoms with E-state index in [0.717, 1.165) is 50.9 Å². The number of anilines is 2. The Balaban J connectivity index is 1.21. The molecule has 0 saturated carbocycles. The van der Waals surface area contributed by atoms with Crippen molar-refractivity contribution in [3.63, 3.8) is 0 Å². The molecule has 1 unspecified atom stereocenters. The largest absolute Gasteiger partial charge is 0.450 e. The van der Waals surface area contributed by atoms with Gasteiger partial charge in [-0.05, 0) is 58.7 Å². The molecule has 50 heavy (non-hydrogen) atoms. The maximum atomic E-state index is 15.2. The highest BCUT2D eigenvalue weighted by molar-refractivity contribution is 8.00. The summed E-state index contributed by atoms with van der Waals surface area (Å²) in [6.07, 6.45) is 0. The molecule has 2 aliphatic heterocycles. The summed E-state index contributed by atoms with van der Waals surface area (Å²) in [4.78, 5) is 47.2. The smallest absolute Gasteiger partial charge is 0.297 e. The molecule has 8 nitrogen and oxygen atoms in total. The molecule has 5 aromatic carbocycles. The Morgan fingerprint density at radius 2 is 1.60 bits per heavy atom. The predicted octanol–water partition coefficient (Wildman–Crippen LogP) is 7.99. The van der Waals surface area contributed by atoms with Crippen molar-refractivity contribution in [3.8, 4) is 0 Å². The van der Waals surface area contributed by atoms with E-state index in [9.17, 15) is 14.0 Å². The third kappa shape index (κ3) is 4.40. The molecule has 9 rings (SSSR count). The van der Waals surface area contributed by atoms with Crippen LogP contribution in [0.2, 0.25) is 0 Å². The highest BCUT2D eigenvalue weighted by Crippen LogP contribution is 2.55. The molecule has 2 aromatic heterocycles. The van der Waals surface area contributed by atoms with E-state index in [1.807, 2.05) is 55.5 Å². The van der Waals surface area contributed by atoms with Crippen molar-refractivity contribution in [1.29, 1.82) is 0 Å². The Morgan fingerprint density at radius 1 is 0.840 bits per heavy atom. The summed E-state index contributed by atoms with van der Waals surface area (Å²) >= 11 is 2.62. The number of halogens is 1. The lowest BCUT2D eigenvalue weighted by Gasteiger charge is -2.32. The molecule has 2 aliphatic rings. The summed E-state index contributed by atoms with van der Waals surface area (Å²) in [5, 5.41) is 11.2. The van der Waals surface area contributed by atoms with Gasteiger partial charge in [-0.15, -0.1) is 10.2 Å². The highest BCUT2D eigenvalue weighted by Gasteiger charge is 2.66. The van der Waals surface area contributed by atoms with E-state index in [1.54, 1.807) is 23.1 Å². The van der Waals surface area contributed by atoms with E-state index in [-0.39, 0.29) is 34.0 Å². The Hall–Kier alpha value is -5.65. The second kappa shape index (κ2) is 11.5. The minimum atomic E-state index is -1.97. The lowest BCUT2D eigenvalue weighted by molar-refractivity contribution is -0.121. The van der Waals surface area contributed by atoms with Crippen LogP contribution in [-0.4, -0.2) is 22.0 Å². The van der Waals surface area contributed by atoms with Crippen LogP contribution >= 0.6 is 23.1 Å². The number of carbonyl (C=O) groups excluding carboxylic acids is 2. The molecule has 244 valence electrons. The number of thioether (sulfide) groups is 1. The molecule has 0 fully saturated rings. The number of carbonyl (C=O) groups is 2. The van der Waals surface area contributed by atoms with Gasteiger partial charge in [0.1, 0.15) is 11.4 Å². The molecule has 0 radical (unpaired) electrons. The maximum absolute atomic E-state index is 15.2. The number of hydrogen-bond donors (Lipinski definition) is 0.